The van der Waals surface area contributed by atoms with Crippen molar-refractivity contribution in [3.8, 4) is 0 Å². The summed E-state index contributed by atoms with van der Waals surface area (Å²) in [5.41, 5.74) is 3.90. The van der Waals surface area contributed by atoms with Crippen LogP contribution in [0.1, 0.15) is 30.4 Å². The summed E-state index contributed by atoms with van der Waals surface area (Å²) in [6.07, 6.45) is 7.29. The quantitative estimate of drug-likeness (QED) is 0.560. The number of nitrogens with zero attached hydrogens (tertiary/aromatic N) is 1. The first kappa shape index (κ1) is 19.3. The maximum absolute atomic E-state index is 6.27. The molecule has 1 aromatic heterocycles. The van der Waals surface area contributed by atoms with Crippen LogP contribution in [-0.2, 0) is 13.0 Å². The number of rotatable bonds is 5. The molecule has 1 N–H and O–H groups in total. The van der Waals surface area contributed by atoms with Gasteiger partial charge in [0, 0.05) is 18.1 Å². The summed E-state index contributed by atoms with van der Waals surface area (Å²) in [5.74, 6) is 0.869. The molecule has 4 rings (SSSR count). The molecule has 0 spiro atoms. The van der Waals surface area contributed by atoms with Gasteiger partial charge in [-0.3, -0.25) is 4.90 Å². The van der Waals surface area contributed by atoms with Crippen molar-refractivity contribution in [3.63, 3.8) is 0 Å². The Kier molecular flexibility index (Phi) is 6.63. The van der Waals surface area contributed by atoms with Gasteiger partial charge >= 0.3 is 0 Å². The second-order valence-electron chi connectivity index (χ2n) is 7.22. The van der Waals surface area contributed by atoms with Crippen LogP contribution in [-0.4, -0.2) is 23.0 Å². The smallest absolute Gasteiger partial charge is 0.0647 e. The fourth-order valence-corrected chi connectivity index (χ4v) is 4.22. The molecule has 1 aliphatic rings. The lowest BCUT2D eigenvalue weighted by atomic mass is 9.90. The zero-order valence-corrected chi connectivity index (χ0v) is 16.5. The number of likely N-dealkylation sites (tertiary alicyclic amines) is 1. The first-order valence-electron chi connectivity index (χ1n) is 9.30. The van der Waals surface area contributed by atoms with Crippen LogP contribution in [0, 0.1) is 5.92 Å². The zero-order valence-electron chi connectivity index (χ0n) is 15.0. The van der Waals surface area contributed by atoms with Crippen molar-refractivity contribution in [3.05, 3.63) is 70.9 Å². The van der Waals surface area contributed by atoms with Gasteiger partial charge in [0.1, 0.15) is 0 Å². The Balaban J connectivity index is 0.00000196. The molecule has 0 unspecified atom stereocenters. The van der Waals surface area contributed by atoms with Crippen LogP contribution >= 0.6 is 24.0 Å². The molecule has 0 radical (unpaired) electrons. The van der Waals surface area contributed by atoms with Gasteiger partial charge in [0.25, 0.3) is 0 Å². The van der Waals surface area contributed by atoms with Crippen LogP contribution in [0.3, 0.4) is 0 Å². The van der Waals surface area contributed by atoms with Crippen LogP contribution in [0.2, 0.25) is 5.02 Å². The van der Waals surface area contributed by atoms with E-state index in [9.17, 15) is 0 Å². The molecule has 2 heterocycles. The number of halogens is 2. The lowest BCUT2D eigenvalue weighted by Crippen LogP contribution is -2.33. The Morgan fingerprint density at radius 2 is 1.77 bits per heavy atom. The minimum absolute atomic E-state index is 0. The predicted molar refractivity (Wildman–Crippen MR) is 113 cm³/mol. The fraction of sp³-hybridized carbons (Fsp3) is 0.364. The lowest BCUT2D eigenvalue weighted by Gasteiger charge is -2.32. The number of nitrogens with one attached hydrogen (secondary N) is 1. The van der Waals surface area contributed by atoms with E-state index in [1.807, 2.05) is 12.1 Å². The van der Waals surface area contributed by atoms with E-state index >= 15 is 0 Å². The third kappa shape index (κ3) is 4.43. The molecule has 26 heavy (non-hydrogen) atoms. The maximum Gasteiger partial charge on any atom is 0.0647 e. The summed E-state index contributed by atoms with van der Waals surface area (Å²) in [6, 6.07) is 17.0. The van der Waals surface area contributed by atoms with E-state index in [2.05, 4.69) is 52.5 Å². The standard InChI is InChI=1S/C22H25ClN2.ClH/c23-21-8-4-7-20-19(15-24-22(20)21)16-25-13-11-18(12-14-25)10-9-17-5-2-1-3-6-17;/h1-8,15,18,24H,9-14,16H2;1H. The van der Waals surface area contributed by atoms with Crippen LogP contribution in [0.15, 0.2) is 54.7 Å². The summed E-state index contributed by atoms with van der Waals surface area (Å²) >= 11 is 6.27. The highest BCUT2D eigenvalue weighted by atomic mass is 35.5. The van der Waals surface area contributed by atoms with E-state index in [-0.39, 0.29) is 12.4 Å². The zero-order chi connectivity index (χ0) is 17.1. The number of fused-ring (bicyclic) bond motifs is 1. The minimum atomic E-state index is 0. The summed E-state index contributed by atoms with van der Waals surface area (Å²) in [5, 5.41) is 2.07. The largest absolute Gasteiger partial charge is 0.360 e. The number of benzene rings is 2. The molecule has 0 bridgehead atoms. The number of aryl methyl sites for hydroxylation is 1. The monoisotopic (exact) mass is 388 g/mol. The fourth-order valence-electron chi connectivity index (χ4n) is 4.00. The number of hydrogen-bond donors (Lipinski definition) is 1. The summed E-state index contributed by atoms with van der Waals surface area (Å²) in [4.78, 5) is 5.92. The molecule has 138 valence electrons. The Hall–Kier alpha value is -1.48. The van der Waals surface area contributed by atoms with Gasteiger partial charge in [-0.2, -0.15) is 0 Å². The Bertz CT molecular complexity index is 821. The van der Waals surface area contributed by atoms with E-state index < -0.39 is 0 Å². The average Bonchev–Trinajstić information content (AvgIpc) is 3.06. The van der Waals surface area contributed by atoms with Crippen molar-refractivity contribution in [2.75, 3.05) is 13.1 Å². The van der Waals surface area contributed by atoms with E-state index in [1.54, 1.807) is 0 Å². The highest BCUT2D eigenvalue weighted by molar-refractivity contribution is 6.35. The van der Waals surface area contributed by atoms with Crippen molar-refractivity contribution in [1.29, 1.82) is 0 Å². The van der Waals surface area contributed by atoms with Crippen molar-refractivity contribution in [1.82, 2.24) is 9.88 Å². The summed E-state index contributed by atoms with van der Waals surface area (Å²) < 4.78 is 0. The topological polar surface area (TPSA) is 19.0 Å². The van der Waals surface area contributed by atoms with E-state index in [0.717, 1.165) is 23.0 Å². The molecule has 0 atom stereocenters. The number of hydrogen-bond acceptors (Lipinski definition) is 1. The lowest BCUT2D eigenvalue weighted by molar-refractivity contribution is 0.173. The Labute approximate surface area is 167 Å². The van der Waals surface area contributed by atoms with Crippen molar-refractivity contribution < 1.29 is 0 Å². The molecule has 0 saturated carbocycles. The second kappa shape index (κ2) is 8.94. The van der Waals surface area contributed by atoms with Crippen molar-refractivity contribution in [2.24, 2.45) is 5.92 Å². The van der Waals surface area contributed by atoms with E-state index in [1.165, 1.54) is 55.3 Å². The molecule has 2 aromatic carbocycles. The van der Waals surface area contributed by atoms with Gasteiger partial charge in [-0.15, -0.1) is 12.4 Å². The number of para-hydroxylation sites is 1. The molecule has 4 heteroatoms. The summed E-state index contributed by atoms with van der Waals surface area (Å²) in [6.45, 7) is 3.42. The molecule has 0 aliphatic carbocycles. The summed E-state index contributed by atoms with van der Waals surface area (Å²) in [7, 11) is 0. The van der Waals surface area contributed by atoms with Gasteiger partial charge < -0.3 is 4.98 Å². The number of aromatic nitrogens is 1. The average molecular weight is 389 g/mol. The van der Waals surface area contributed by atoms with Gasteiger partial charge in [-0.05, 0) is 61.9 Å². The van der Waals surface area contributed by atoms with Crippen LogP contribution in [0.5, 0.6) is 0 Å². The molecule has 0 amide bonds. The Morgan fingerprint density at radius 3 is 2.54 bits per heavy atom. The molecule has 1 fully saturated rings. The maximum atomic E-state index is 6.27. The molecule has 2 nitrogen and oxygen atoms in total. The van der Waals surface area contributed by atoms with Crippen LogP contribution < -0.4 is 0 Å². The van der Waals surface area contributed by atoms with Crippen molar-refractivity contribution in [2.45, 2.75) is 32.2 Å². The van der Waals surface area contributed by atoms with Crippen molar-refractivity contribution >= 4 is 34.9 Å². The van der Waals surface area contributed by atoms with E-state index in [0.29, 0.717) is 0 Å². The van der Waals surface area contributed by atoms with Gasteiger partial charge in [-0.1, -0.05) is 54.1 Å². The molecular formula is C22H26Cl2N2. The number of H-pyrrole nitrogens is 1. The minimum Gasteiger partial charge on any atom is -0.360 e. The Morgan fingerprint density at radius 1 is 1.00 bits per heavy atom. The first-order chi connectivity index (χ1) is 12.3. The second-order valence-corrected chi connectivity index (χ2v) is 7.63. The van der Waals surface area contributed by atoms with Gasteiger partial charge in [-0.25, -0.2) is 0 Å². The molecular weight excluding hydrogens is 363 g/mol. The van der Waals surface area contributed by atoms with Crippen LogP contribution in [0.4, 0.5) is 0 Å². The third-order valence-corrected chi connectivity index (χ3v) is 5.85. The molecule has 1 saturated heterocycles. The number of aromatic amines is 1. The van der Waals surface area contributed by atoms with E-state index in [4.69, 9.17) is 11.6 Å². The predicted octanol–water partition coefficient (Wildman–Crippen LogP) is 6.09. The highest BCUT2D eigenvalue weighted by Crippen LogP contribution is 2.28. The number of piperidine rings is 1. The third-order valence-electron chi connectivity index (χ3n) is 5.54. The highest BCUT2D eigenvalue weighted by Gasteiger charge is 2.20. The first-order valence-corrected chi connectivity index (χ1v) is 9.68. The van der Waals surface area contributed by atoms with Crippen LogP contribution in [0.25, 0.3) is 10.9 Å². The van der Waals surface area contributed by atoms with Gasteiger partial charge in [0.15, 0.2) is 0 Å². The molecule has 3 aromatic rings. The SMILES string of the molecule is Cl.Clc1cccc2c(CN3CCC(CCc4ccccc4)CC3)c[nH]c12. The van der Waals surface area contributed by atoms with Gasteiger partial charge in [0.2, 0.25) is 0 Å². The normalized spacial score (nSPS) is 15.9. The van der Waals surface area contributed by atoms with Gasteiger partial charge in [0.05, 0.1) is 10.5 Å². The molecule has 1 aliphatic heterocycles.